The lowest BCUT2D eigenvalue weighted by atomic mass is 10.4. The van der Waals surface area contributed by atoms with Crippen LogP contribution in [0, 0.1) is 0 Å². The predicted molar refractivity (Wildman–Crippen MR) is 64.7 cm³/mol. The molecule has 0 aliphatic carbocycles. The molecule has 3 nitrogen and oxygen atoms in total. The zero-order valence-electron chi connectivity index (χ0n) is 8.29. The van der Waals surface area contributed by atoms with Crippen LogP contribution in [0.1, 0.15) is 0 Å². The number of aromatic nitrogens is 1. The van der Waals surface area contributed by atoms with Gasteiger partial charge in [0.05, 0.1) is 4.90 Å². The molecule has 0 aliphatic heterocycles. The van der Waals surface area contributed by atoms with Gasteiger partial charge >= 0.3 is 0 Å². The highest BCUT2D eigenvalue weighted by Crippen LogP contribution is 2.10. The number of hydrogen-bond donors (Lipinski definition) is 1. The predicted octanol–water partition coefficient (Wildman–Crippen LogP) is 3.00. The van der Waals surface area contributed by atoms with E-state index < -0.39 is 11.1 Å². The Balaban J connectivity index is 0.000000181. The number of benzene rings is 1. The molecule has 1 aromatic carbocycles. The highest BCUT2D eigenvalue weighted by Gasteiger charge is 1.96. The van der Waals surface area contributed by atoms with Crippen LogP contribution in [-0.2, 0) is 11.1 Å². The molecule has 1 N–H and O–H groups in total. The second-order valence-electron chi connectivity index (χ2n) is 2.73. The van der Waals surface area contributed by atoms with Crippen LogP contribution in [0.2, 0.25) is 5.02 Å². The summed E-state index contributed by atoms with van der Waals surface area (Å²) in [5.74, 6) is 0. The Labute approximate surface area is 101 Å². The van der Waals surface area contributed by atoms with Gasteiger partial charge in [-0.25, -0.2) is 4.21 Å². The van der Waals surface area contributed by atoms with Crippen LogP contribution in [0.25, 0.3) is 0 Å². The van der Waals surface area contributed by atoms with Crippen molar-refractivity contribution in [1.82, 2.24) is 4.98 Å². The minimum Gasteiger partial charge on any atom is -0.302 e. The van der Waals surface area contributed by atoms with Gasteiger partial charge in [-0.3, -0.25) is 4.98 Å². The maximum atomic E-state index is 10.4. The van der Waals surface area contributed by atoms with Crippen molar-refractivity contribution in [3.8, 4) is 0 Å². The van der Waals surface area contributed by atoms with Crippen molar-refractivity contribution in [2.45, 2.75) is 4.90 Å². The summed E-state index contributed by atoms with van der Waals surface area (Å²) in [5.41, 5.74) is 0. The molecule has 0 radical (unpaired) electrons. The highest BCUT2D eigenvalue weighted by molar-refractivity contribution is 7.79. The summed E-state index contributed by atoms with van der Waals surface area (Å²) in [6.07, 6.45) is 3.50. The molecule has 0 saturated heterocycles. The maximum Gasteiger partial charge on any atom is 0.186 e. The second kappa shape index (κ2) is 7.11. The van der Waals surface area contributed by atoms with Crippen molar-refractivity contribution >= 4 is 22.7 Å². The molecule has 1 unspecified atom stereocenters. The monoisotopic (exact) mass is 255 g/mol. The molecule has 0 bridgehead atoms. The molecule has 0 aliphatic rings. The number of rotatable bonds is 1. The van der Waals surface area contributed by atoms with Gasteiger partial charge in [0.2, 0.25) is 0 Å². The molecule has 2 rings (SSSR count). The Kier molecular flexibility index (Phi) is 5.71. The zero-order valence-corrected chi connectivity index (χ0v) is 9.86. The van der Waals surface area contributed by atoms with Crippen molar-refractivity contribution in [3.05, 3.63) is 59.9 Å². The lowest BCUT2D eigenvalue weighted by molar-refractivity contribution is 0.564. The third-order valence-electron chi connectivity index (χ3n) is 1.58. The Bertz CT molecular complexity index is 407. The average Bonchev–Trinajstić information content (AvgIpc) is 2.32. The van der Waals surface area contributed by atoms with Gasteiger partial charge in [0.15, 0.2) is 11.1 Å². The summed E-state index contributed by atoms with van der Waals surface area (Å²) in [6, 6.07) is 11.9. The van der Waals surface area contributed by atoms with Gasteiger partial charge < -0.3 is 4.55 Å². The van der Waals surface area contributed by atoms with Crippen molar-refractivity contribution in [1.29, 1.82) is 0 Å². The van der Waals surface area contributed by atoms with Crippen molar-refractivity contribution in [3.63, 3.8) is 0 Å². The minimum atomic E-state index is -1.90. The summed E-state index contributed by atoms with van der Waals surface area (Å²) < 4.78 is 18.9. The van der Waals surface area contributed by atoms with Gasteiger partial charge in [-0.15, -0.1) is 0 Å². The van der Waals surface area contributed by atoms with Crippen LogP contribution in [0.3, 0.4) is 0 Å². The van der Waals surface area contributed by atoms with E-state index in [2.05, 4.69) is 4.98 Å². The molecule has 0 saturated carbocycles. The molecular weight excluding hydrogens is 246 g/mol. The van der Waals surface area contributed by atoms with Crippen LogP contribution >= 0.6 is 11.6 Å². The Morgan fingerprint density at radius 3 is 1.94 bits per heavy atom. The molecule has 0 amide bonds. The molecule has 2 aromatic rings. The molecule has 5 heteroatoms. The van der Waals surface area contributed by atoms with Crippen molar-refractivity contribution < 1.29 is 8.76 Å². The fourth-order valence-electron chi connectivity index (χ4n) is 0.864. The topological polar surface area (TPSA) is 50.2 Å². The Morgan fingerprint density at radius 2 is 1.62 bits per heavy atom. The van der Waals surface area contributed by atoms with Gasteiger partial charge in [0.25, 0.3) is 0 Å². The molecule has 0 fully saturated rings. The fourth-order valence-corrected chi connectivity index (χ4v) is 1.36. The van der Waals surface area contributed by atoms with E-state index in [0.29, 0.717) is 9.92 Å². The van der Waals surface area contributed by atoms with E-state index in [0.717, 1.165) is 0 Å². The summed E-state index contributed by atoms with van der Waals surface area (Å²) in [4.78, 5) is 4.15. The Morgan fingerprint density at radius 1 is 1.06 bits per heavy atom. The van der Waals surface area contributed by atoms with Gasteiger partial charge in [0.1, 0.15) is 0 Å². The quantitative estimate of drug-likeness (QED) is 0.797. The van der Waals surface area contributed by atoms with E-state index in [1.54, 1.807) is 24.5 Å². The van der Waals surface area contributed by atoms with Crippen LogP contribution in [-0.4, -0.2) is 13.7 Å². The maximum absolute atomic E-state index is 10.4. The second-order valence-corrected chi connectivity index (χ2v) is 4.13. The molecule has 1 heterocycles. The first-order chi connectivity index (χ1) is 7.70. The lowest BCUT2D eigenvalue weighted by Crippen LogP contribution is -1.85. The SMILES string of the molecule is O=S(O)c1ccc(Cl)cc1.c1ccncc1. The smallest absolute Gasteiger partial charge is 0.186 e. The standard InChI is InChI=1S/C6H5ClO2S.C5H5N/c7-5-1-3-6(4-2-5)10(8)9;1-2-4-6-5-3-1/h1-4H,(H,8,9);1-5H. The normalized spacial score (nSPS) is 11.1. The minimum absolute atomic E-state index is 0.365. The van der Waals surface area contributed by atoms with E-state index in [1.807, 2.05) is 18.2 Å². The van der Waals surface area contributed by atoms with Crippen molar-refractivity contribution in [2.24, 2.45) is 0 Å². The van der Waals surface area contributed by atoms with E-state index in [1.165, 1.54) is 12.1 Å². The van der Waals surface area contributed by atoms with Gasteiger partial charge in [0, 0.05) is 17.4 Å². The molecule has 1 aromatic heterocycles. The molecule has 1 atom stereocenters. The van der Waals surface area contributed by atoms with E-state index in [4.69, 9.17) is 16.2 Å². The van der Waals surface area contributed by atoms with Crippen LogP contribution in [0.5, 0.6) is 0 Å². The number of halogens is 1. The lowest BCUT2D eigenvalue weighted by Gasteiger charge is -1.92. The Hall–Kier alpha value is -1.23. The molecular formula is C11H10ClNO2S. The van der Waals surface area contributed by atoms with Crippen LogP contribution in [0.4, 0.5) is 0 Å². The number of hydrogen-bond acceptors (Lipinski definition) is 2. The molecule has 0 spiro atoms. The van der Waals surface area contributed by atoms with Gasteiger partial charge in [-0.1, -0.05) is 17.7 Å². The first-order valence-corrected chi connectivity index (χ1v) is 5.90. The third kappa shape index (κ3) is 5.02. The van der Waals surface area contributed by atoms with Crippen LogP contribution < -0.4 is 0 Å². The van der Waals surface area contributed by atoms with E-state index in [-0.39, 0.29) is 0 Å². The summed E-state index contributed by atoms with van der Waals surface area (Å²) in [5, 5.41) is 0.564. The van der Waals surface area contributed by atoms with Crippen molar-refractivity contribution in [2.75, 3.05) is 0 Å². The zero-order chi connectivity index (χ0) is 11.8. The summed E-state index contributed by atoms with van der Waals surface area (Å²) >= 11 is 3.64. The third-order valence-corrected chi connectivity index (χ3v) is 2.51. The highest BCUT2D eigenvalue weighted by atomic mass is 35.5. The number of pyridine rings is 1. The van der Waals surface area contributed by atoms with Crippen LogP contribution in [0.15, 0.2) is 59.8 Å². The van der Waals surface area contributed by atoms with Gasteiger partial charge in [-0.05, 0) is 36.4 Å². The van der Waals surface area contributed by atoms with E-state index in [9.17, 15) is 4.21 Å². The summed E-state index contributed by atoms with van der Waals surface area (Å²) in [7, 11) is 0. The van der Waals surface area contributed by atoms with E-state index >= 15 is 0 Å². The fraction of sp³-hybridized carbons (Fsp3) is 0. The largest absolute Gasteiger partial charge is 0.302 e. The first kappa shape index (κ1) is 12.8. The average molecular weight is 256 g/mol. The molecule has 16 heavy (non-hydrogen) atoms. The first-order valence-electron chi connectivity index (χ1n) is 4.41. The summed E-state index contributed by atoms with van der Waals surface area (Å²) in [6.45, 7) is 0. The number of nitrogens with zero attached hydrogens (tertiary/aromatic N) is 1. The van der Waals surface area contributed by atoms with Gasteiger partial charge in [-0.2, -0.15) is 0 Å². The molecule has 84 valence electrons.